The zero-order chi connectivity index (χ0) is 21.0. The molecule has 1 saturated heterocycles. The van der Waals surface area contributed by atoms with Crippen LogP contribution in [0, 0.1) is 0 Å². The number of aromatic carboxylic acids is 1. The lowest BCUT2D eigenvalue weighted by Gasteiger charge is -2.14. The average Bonchev–Trinajstić information content (AvgIpc) is 2.93. The number of carbonyl (C=O) groups excluding carboxylic acids is 2. The number of nitrogens with zero attached hydrogens (tertiary/aromatic N) is 1. The Hall–Kier alpha value is -2.49. The van der Waals surface area contributed by atoms with Gasteiger partial charge in [0.25, 0.3) is 5.91 Å². The molecular weight excluding hydrogens is 476 g/mol. The van der Waals surface area contributed by atoms with Crippen molar-refractivity contribution >= 4 is 73.8 Å². The first-order valence-electron chi connectivity index (χ1n) is 8.47. The molecule has 2 N–H and O–H groups in total. The molecule has 29 heavy (non-hydrogen) atoms. The van der Waals surface area contributed by atoms with Crippen LogP contribution < -0.4 is 5.32 Å². The van der Waals surface area contributed by atoms with Gasteiger partial charge in [-0.05, 0) is 48.0 Å². The molecule has 2 aromatic carbocycles. The Kier molecular flexibility index (Phi) is 6.83. The van der Waals surface area contributed by atoms with E-state index in [0.29, 0.717) is 14.9 Å². The minimum absolute atomic E-state index is 0.0668. The van der Waals surface area contributed by atoms with Crippen molar-refractivity contribution in [3.8, 4) is 0 Å². The Morgan fingerprint density at radius 3 is 2.59 bits per heavy atom. The molecule has 0 aromatic heterocycles. The number of nitrogens with one attached hydrogen (secondary N) is 1. The number of halogens is 1. The van der Waals surface area contributed by atoms with Crippen LogP contribution in [0.15, 0.2) is 57.9 Å². The van der Waals surface area contributed by atoms with Gasteiger partial charge in [-0.1, -0.05) is 52.0 Å². The average molecular weight is 491 g/mol. The van der Waals surface area contributed by atoms with Crippen LogP contribution in [0.3, 0.4) is 0 Å². The number of carbonyl (C=O) groups is 3. The predicted molar refractivity (Wildman–Crippen MR) is 121 cm³/mol. The van der Waals surface area contributed by atoms with Crippen LogP contribution in [0.2, 0.25) is 0 Å². The molecule has 0 radical (unpaired) electrons. The lowest BCUT2D eigenvalue weighted by molar-refractivity contribution is -0.122. The number of carboxylic acids is 1. The summed E-state index contributed by atoms with van der Waals surface area (Å²) < 4.78 is 1.32. The summed E-state index contributed by atoms with van der Waals surface area (Å²) in [5.41, 5.74) is 1.50. The summed E-state index contributed by atoms with van der Waals surface area (Å²) in [5.74, 6) is -1.55. The van der Waals surface area contributed by atoms with Gasteiger partial charge in [0, 0.05) is 23.1 Å². The van der Waals surface area contributed by atoms with Crippen LogP contribution in [0.25, 0.3) is 6.08 Å². The van der Waals surface area contributed by atoms with Gasteiger partial charge in [0.2, 0.25) is 5.91 Å². The minimum atomic E-state index is -1.03. The highest BCUT2D eigenvalue weighted by molar-refractivity contribution is 9.10. The SMILES string of the molecule is O=C(CCN1C(=O)/C(=C/c2cccc(Br)c2)SC1=S)Nc1ccc(C(=O)O)cc1. The van der Waals surface area contributed by atoms with Crippen LogP contribution >= 0.6 is 39.9 Å². The molecule has 2 amide bonds. The summed E-state index contributed by atoms with van der Waals surface area (Å²) >= 11 is 9.89. The second-order valence-electron chi connectivity index (χ2n) is 6.07. The molecule has 148 valence electrons. The molecule has 9 heteroatoms. The Bertz CT molecular complexity index is 1020. The molecule has 3 rings (SSSR count). The second kappa shape index (κ2) is 9.34. The number of hydrogen-bond donors (Lipinski definition) is 2. The second-order valence-corrected chi connectivity index (χ2v) is 8.66. The number of carboxylic acid groups (broad SMARTS) is 1. The molecule has 6 nitrogen and oxygen atoms in total. The monoisotopic (exact) mass is 490 g/mol. The predicted octanol–water partition coefficient (Wildman–Crippen LogP) is 4.38. The van der Waals surface area contributed by atoms with Crippen LogP contribution in [0.1, 0.15) is 22.3 Å². The zero-order valence-electron chi connectivity index (χ0n) is 14.9. The van der Waals surface area contributed by atoms with Gasteiger partial charge in [-0.3, -0.25) is 14.5 Å². The summed E-state index contributed by atoms with van der Waals surface area (Å²) in [5, 5.41) is 11.6. The highest BCUT2D eigenvalue weighted by atomic mass is 79.9. The molecule has 1 fully saturated rings. The third kappa shape index (κ3) is 5.53. The van der Waals surface area contributed by atoms with Crippen molar-refractivity contribution in [1.82, 2.24) is 4.90 Å². The number of amides is 2. The molecule has 0 bridgehead atoms. The van der Waals surface area contributed by atoms with E-state index in [9.17, 15) is 14.4 Å². The molecule has 1 aliphatic heterocycles. The van der Waals surface area contributed by atoms with Crippen LogP contribution in [-0.4, -0.2) is 38.7 Å². The Labute approximate surface area is 185 Å². The van der Waals surface area contributed by atoms with Gasteiger partial charge in [-0.2, -0.15) is 0 Å². The standard InChI is InChI=1S/C20H15BrN2O4S2/c21-14-3-1-2-12(10-14)11-16-18(25)23(20(28)29-16)9-8-17(24)22-15-6-4-13(5-7-15)19(26)27/h1-7,10-11H,8-9H2,(H,22,24)(H,26,27)/b16-11-. The Morgan fingerprint density at radius 1 is 1.21 bits per heavy atom. The number of benzene rings is 2. The van der Waals surface area contributed by atoms with E-state index in [1.807, 2.05) is 24.3 Å². The third-order valence-corrected chi connectivity index (χ3v) is 5.87. The van der Waals surface area contributed by atoms with E-state index in [4.69, 9.17) is 17.3 Å². The van der Waals surface area contributed by atoms with Gasteiger partial charge in [0.1, 0.15) is 4.32 Å². The summed E-state index contributed by atoms with van der Waals surface area (Å²) in [6, 6.07) is 13.4. The van der Waals surface area contributed by atoms with E-state index in [-0.39, 0.29) is 30.3 Å². The van der Waals surface area contributed by atoms with E-state index in [1.165, 1.54) is 40.9 Å². The Morgan fingerprint density at radius 2 is 1.93 bits per heavy atom. The summed E-state index contributed by atoms with van der Waals surface area (Å²) in [6.07, 6.45) is 1.84. The smallest absolute Gasteiger partial charge is 0.335 e. The topological polar surface area (TPSA) is 86.7 Å². The number of thioether (sulfide) groups is 1. The molecule has 1 aliphatic rings. The highest BCUT2D eigenvalue weighted by Gasteiger charge is 2.32. The Balaban J connectivity index is 1.58. The number of anilines is 1. The van der Waals surface area contributed by atoms with Gasteiger partial charge in [0.15, 0.2) is 0 Å². The number of thiocarbonyl (C=S) groups is 1. The van der Waals surface area contributed by atoms with Crippen molar-refractivity contribution < 1.29 is 19.5 Å². The first-order chi connectivity index (χ1) is 13.8. The van der Waals surface area contributed by atoms with E-state index in [2.05, 4.69) is 21.2 Å². The lowest BCUT2D eigenvalue weighted by atomic mass is 10.2. The fourth-order valence-corrected chi connectivity index (χ4v) is 4.30. The molecular formula is C20H15BrN2O4S2. The molecule has 0 atom stereocenters. The van der Waals surface area contributed by atoms with Crippen molar-refractivity contribution in [2.24, 2.45) is 0 Å². The van der Waals surface area contributed by atoms with Crippen LogP contribution in [0.4, 0.5) is 5.69 Å². The van der Waals surface area contributed by atoms with E-state index in [0.717, 1.165) is 10.0 Å². The van der Waals surface area contributed by atoms with Gasteiger partial charge >= 0.3 is 5.97 Å². The number of hydrogen-bond acceptors (Lipinski definition) is 5. The zero-order valence-corrected chi connectivity index (χ0v) is 18.1. The summed E-state index contributed by atoms with van der Waals surface area (Å²) in [4.78, 5) is 37.6. The van der Waals surface area contributed by atoms with Gasteiger partial charge in [-0.25, -0.2) is 4.79 Å². The number of rotatable bonds is 6. The van der Waals surface area contributed by atoms with Crippen molar-refractivity contribution in [3.63, 3.8) is 0 Å². The molecule has 0 unspecified atom stereocenters. The van der Waals surface area contributed by atoms with Gasteiger partial charge < -0.3 is 10.4 Å². The van der Waals surface area contributed by atoms with Crippen LogP contribution in [0.5, 0.6) is 0 Å². The maximum Gasteiger partial charge on any atom is 0.335 e. The van der Waals surface area contributed by atoms with Crippen molar-refractivity contribution in [1.29, 1.82) is 0 Å². The van der Waals surface area contributed by atoms with Gasteiger partial charge in [-0.15, -0.1) is 0 Å². The summed E-state index contributed by atoms with van der Waals surface area (Å²) in [6.45, 7) is 0.166. The molecule has 0 spiro atoms. The highest BCUT2D eigenvalue weighted by Crippen LogP contribution is 2.33. The quantitative estimate of drug-likeness (QED) is 0.461. The van der Waals surface area contributed by atoms with E-state index < -0.39 is 5.97 Å². The minimum Gasteiger partial charge on any atom is -0.478 e. The maximum atomic E-state index is 12.6. The lowest BCUT2D eigenvalue weighted by Crippen LogP contribution is -2.31. The van der Waals surface area contributed by atoms with E-state index >= 15 is 0 Å². The maximum absolute atomic E-state index is 12.6. The van der Waals surface area contributed by atoms with Crippen molar-refractivity contribution in [3.05, 3.63) is 69.0 Å². The molecule has 1 heterocycles. The van der Waals surface area contributed by atoms with Gasteiger partial charge in [0.05, 0.1) is 10.5 Å². The normalized spacial score (nSPS) is 15.1. The first-order valence-corrected chi connectivity index (χ1v) is 10.5. The summed E-state index contributed by atoms with van der Waals surface area (Å²) in [7, 11) is 0. The van der Waals surface area contributed by atoms with Crippen LogP contribution in [-0.2, 0) is 9.59 Å². The van der Waals surface area contributed by atoms with Crippen molar-refractivity contribution in [2.45, 2.75) is 6.42 Å². The third-order valence-electron chi connectivity index (χ3n) is 4.00. The first kappa shape index (κ1) is 21.2. The largest absolute Gasteiger partial charge is 0.478 e. The molecule has 0 aliphatic carbocycles. The fraction of sp³-hybridized carbons (Fsp3) is 0.100. The fourth-order valence-electron chi connectivity index (χ4n) is 2.57. The van der Waals surface area contributed by atoms with E-state index in [1.54, 1.807) is 6.08 Å². The molecule has 2 aromatic rings. The molecule has 0 saturated carbocycles. The van der Waals surface area contributed by atoms with Crippen molar-refractivity contribution in [2.75, 3.05) is 11.9 Å².